The molecule has 0 aliphatic carbocycles. The third kappa shape index (κ3) is 9.03. The Labute approximate surface area is 82.5 Å². The molecule has 3 N–H and O–H groups in total. The molecule has 0 aromatic heterocycles. The molecule has 0 bridgehead atoms. The number of nitrogens with two attached hydrogens (primary N) is 1. The Morgan fingerprint density at radius 1 is 1.54 bits per heavy atom. The first kappa shape index (κ1) is 12.1. The zero-order valence-corrected chi connectivity index (χ0v) is 8.73. The van der Waals surface area contributed by atoms with Crippen LogP contribution in [0.25, 0.3) is 0 Å². The van der Waals surface area contributed by atoms with Crippen molar-refractivity contribution in [3.05, 3.63) is 0 Å². The van der Waals surface area contributed by atoms with Gasteiger partial charge in [0.05, 0.1) is 0 Å². The van der Waals surface area contributed by atoms with Crippen molar-refractivity contribution in [2.75, 3.05) is 6.61 Å². The molecular weight excluding hydrogens is 192 g/mol. The van der Waals surface area contributed by atoms with Crippen LogP contribution in [0.5, 0.6) is 0 Å². The van der Waals surface area contributed by atoms with E-state index in [4.69, 9.17) is 10.5 Å². The Kier molecular flexibility index (Phi) is 4.64. The minimum atomic E-state index is -0.663. The maximum absolute atomic E-state index is 10.9. The normalized spacial score (nSPS) is 10.7. The molecule has 0 radical (unpaired) electrons. The van der Waals surface area contributed by atoms with Crippen molar-refractivity contribution < 1.29 is 14.4 Å². The minimum Gasteiger partial charge on any atom is -0.442 e. The van der Waals surface area contributed by atoms with E-state index in [0.717, 1.165) is 0 Å². The number of carbonyl (C=O) groups is 1. The van der Waals surface area contributed by atoms with Gasteiger partial charge >= 0.3 is 6.09 Å². The minimum absolute atomic E-state index is 0.00538. The quantitative estimate of drug-likeness (QED) is 0.526. The van der Waals surface area contributed by atoms with Crippen LogP contribution in [-0.4, -0.2) is 23.3 Å². The zero-order chi connectivity index (χ0) is 10.5. The third-order valence-corrected chi connectivity index (χ3v) is 0.887. The highest BCUT2D eigenvalue weighted by molar-refractivity contribution is 7.80. The summed E-state index contributed by atoms with van der Waals surface area (Å²) in [6.45, 7) is 5.25. The maximum atomic E-state index is 10.9. The van der Waals surface area contributed by atoms with Crippen molar-refractivity contribution in [2.24, 2.45) is 5.73 Å². The summed E-state index contributed by atoms with van der Waals surface area (Å²) in [5.41, 5.74) is 6.62. The van der Waals surface area contributed by atoms with Crippen molar-refractivity contribution in [2.45, 2.75) is 26.4 Å². The molecule has 0 atom stereocenters. The zero-order valence-electron chi connectivity index (χ0n) is 7.92. The second kappa shape index (κ2) is 4.98. The summed E-state index contributed by atoms with van der Waals surface area (Å²) in [6, 6.07) is 0. The van der Waals surface area contributed by atoms with E-state index in [9.17, 15) is 4.79 Å². The number of ether oxygens (including phenoxy) is 1. The van der Waals surface area contributed by atoms with Gasteiger partial charge in [0.2, 0.25) is 0 Å². The maximum Gasteiger partial charge on any atom is 0.431 e. The molecule has 0 aliphatic heterocycles. The molecule has 0 heterocycles. The molecular formula is C7H14N2O3S. The van der Waals surface area contributed by atoms with Gasteiger partial charge in [-0.25, -0.2) is 4.79 Å². The van der Waals surface area contributed by atoms with Crippen molar-refractivity contribution >= 4 is 23.3 Å². The van der Waals surface area contributed by atoms with E-state index in [-0.39, 0.29) is 11.6 Å². The standard InChI is InChI=1S/C7H14N2O3S/c1-7(2,3)12-6(10)9-11-4-5(8)13/h4H2,1-3H3,(H2,8,13)(H,9,10). The smallest absolute Gasteiger partial charge is 0.431 e. The lowest BCUT2D eigenvalue weighted by molar-refractivity contribution is 0.00265. The van der Waals surface area contributed by atoms with E-state index < -0.39 is 11.7 Å². The average molecular weight is 206 g/mol. The first-order valence-electron chi connectivity index (χ1n) is 3.70. The molecule has 13 heavy (non-hydrogen) atoms. The van der Waals surface area contributed by atoms with Gasteiger partial charge < -0.3 is 10.5 Å². The molecule has 0 spiro atoms. The van der Waals surface area contributed by atoms with Crippen molar-refractivity contribution in [3.8, 4) is 0 Å². The number of hydrogen-bond donors (Lipinski definition) is 2. The van der Waals surface area contributed by atoms with Gasteiger partial charge in [0, 0.05) is 0 Å². The number of hydrogen-bond acceptors (Lipinski definition) is 4. The lowest BCUT2D eigenvalue weighted by atomic mass is 10.2. The number of hydroxylamine groups is 1. The number of carbonyl (C=O) groups excluding carboxylic acids is 1. The van der Waals surface area contributed by atoms with Crippen molar-refractivity contribution in [1.29, 1.82) is 0 Å². The topological polar surface area (TPSA) is 73.6 Å². The van der Waals surface area contributed by atoms with Crippen LogP contribution in [0.4, 0.5) is 4.79 Å². The summed E-state index contributed by atoms with van der Waals surface area (Å²) in [7, 11) is 0. The first-order valence-corrected chi connectivity index (χ1v) is 4.11. The van der Waals surface area contributed by atoms with Crippen LogP contribution in [0.1, 0.15) is 20.8 Å². The van der Waals surface area contributed by atoms with Gasteiger partial charge in [0.25, 0.3) is 0 Å². The van der Waals surface area contributed by atoms with Crippen LogP contribution < -0.4 is 11.2 Å². The van der Waals surface area contributed by atoms with E-state index in [1.54, 1.807) is 20.8 Å². The average Bonchev–Trinajstić information content (AvgIpc) is 1.81. The highest BCUT2D eigenvalue weighted by atomic mass is 32.1. The molecule has 0 rings (SSSR count). The SMILES string of the molecule is CC(C)(C)OC(=O)NOCC(N)=S. The summed E-state index contributed by atoms with van der Waals surface area (Å²) in [5, 5.41) is 0. The predicted octanol–water partition coefficient (Wildman–Crippen LogP) is 0.729. The lowest BCUT2D eigenvalue weighted by Crippen LogP contribution is -2.34. The lowest BCUT2D eigenvalue weighted by Gasteiger charge is -2.19. The van der Waals surface area contributed by atoms with E-state index in [1.807, 2.05) is 5.48 Å². The van der Waals surface area contributed by atoms with Gasteiger partial charge in [-0.3, -0.25) is 4.84 Å². The second-order valence-corrected chi connectivity index (χ2v) is 3.88. The van der Waals surface area contributed by atoms with Crippen LogP contribution in [0.3, 0.4) is 0 Å². The molecule has 76 valence electrons. The molecule has 0 aromatic carbocycles. The van der Waals surface area contributed by atoms with Gasteiger partial charge in [0.15, 0.2) is 0 Å². The molecule has 0 aliphatic rings. The molecule has 0 unspecified atom stereocenters. The Bertz CT molecular complexity index is 200. The van der Waals surface area contributed by atoms with Crippen molar-refractivity contribution in [1.82, 2.24) is 5.48 Å². The number of thiocarbonyl (C=S) groups is 1. The number of amides is 1. The summed E-state index contributed by atoms with van der Waals surface area (Å²) in [5.74, 6) is 0. The highest BCUT2D eigenvalue weighted by Crippen LogP contribution is 2.05. The van der Waals surface area contributed by atoms with Crippen LogP contribution in [0.2, 0.25) is 0 Å². The second-order valence-electron chi connectivity index (χ2n) is 3.36. The van der Waals surface area contributed by atoms with Crippen LogP contribution >= 0.6 is 12.2 Å². The fraction of sp³-hybridized carbons (Fsp3) is 0.714. The van der Waals surface area contributed by atoms with E-state index >= 15 is 0 Å². The van der Waals surface area contributed by atoms with Gasteiger partial charge in [-0.05, 0) is 20.8 Å². The van der Waals surface area contributed by atoms with Gasteiger partial charge in [-0.1, -0.05) is 12.2 Å². The Hall–Kier alpha value is -0.880. The van der Waals surface area contributed by atoms with Crippen LogP contribution in [-0.2, 0) is 9.57 Å². The van der Waals surface area contributed by atoms with Crippen LogP contribution in [0, 0.1) is 0 Å². The van der Waals surface area contributed by atoms with Gasteiger partial charge in [-0.15, -0.1) is 0 Å². The van der Waals surface area contributed by atoms with Crippen LogP contribution in [0.15, 0.2) is 0 Å². The highest BCUT2D eigenvalue weighted by Gasteiger charge is 2.15. The molecule has 0 fully saturated rings. The molecule has 0 saturated carbocycles. The Morgan fingerprint density at radius 2 is 2.08 bits per heavy atom. The summed E-state index contributed by atoms with van der Waals surface area (Å²) in [4.78, 5) is 15.7. The van der Waals surface area contributed by atoms with Gasteiger partial charge in [0.1, 0.15) is 17.2 Å². The molecule has 0 aromatic rings. The molecule has 1 amide bonds. The molecule has 6 heteroatoms. The van der Waals surface area contributed by atoms with E-state index in [2.05, 4.69) is 17.1 Å². The van der Waals surface area contributed by atoms with Gasteiger partial charge in [-0.2, -0.15) is 5.48 Å². The first-order chi connectivity index (χ1) is 5.81. The number of rotatable bonds is 3. The Morgan fingerprint density at radius 3 is 2.46 bits per heavy atom. The van der Waals surface area contributed by atoms with E-state index in [1.165, 1.54) is 0 Å². The van der Waals surface area contributed by atoms with E-state index in [0.29, 0.717) is 0 Å². The molecule has 0 saturated heterocycles. The monoisotopic (exact) mass is 206 g/mol. The largest absolute Gasteiger partial charge is 0.442 e. The van der Waals surface area contributed by atoms with Crippen molar-refractivity contribution in [3.63, 3.8) is 0 Å². The predicted molar refractivity (Wildman–Crippen MR) is 52.1 cm³/mol. The fourth-order valence-electron chi connectivity index (χ4n) is 0.465. The summed E-state index contributed by atoms with van der Waals surface area (Å²) < 4.78 is 4.86. The summed E-state index contributed by atoms with van der Waals surface area (Å²) >= 11 is 4.52. The fourth-order valence-corrected chi connectivity index (χ4v) is 0.524. The third-order valence-electron chi connectivity index (χ3n) is 0.769. The number of nitrogens with one attached hydrogen (secondary N) is 1. The Balaban J connectivity index is 3.59. The molecule has 5 nitrogen and oxygen atoms in total. The summed E-state index contributed by atoms with van der Waals surface area (Å²) in [6.07, 6.45) is -0.663.